The molecule has 0 fully saturated rings. The zero-order valence-electron chi connectivity index (χ0n) is 22.4. The Labute approximate surface area is 220 Å². The van der Waals surface area contributed by atoms with Crippen LogP contribution in [0.25, 0.3) is 11.1 Å². The lowest BCUT2D eigenvalue weighted by Gasteiger charge is -2.36. The molecule has 3 atom stereocenters. The number of allylic oxidation sites excluding steroid dienone is 2. The third kappa shape index (κ3) is 6.93. The molecule has 1 aromatic carbocycles. The van der Waals surface area contributed by atoms with E-state index in [1.54, 1.807) is 43.4 Å². The highest BCUT2D eigenvalue weighted by atomic mass is 32.3. The lowest BCUT2D eigenvalue weighted by atomic mass is 9.77. The quantitative estimate of drug-likeness (QED) is 0.349. The molecule has 1 heterocycles. The van der Waals surface area contributed by atoms with Crippen molar-refractivity contribution in [2.24, 2.45) is 5.92 Å². The number of rotatable bonds is 10. The van der Waals surface area contributed by atoms with Gasteiger partial charge in [-0.15, -0.1) is 0 Å². The highest BCUT2D eigenvalue weighted by Gasteiger charge is 2.39. The molecule has 0 amide bonds. The Morgan fingerprint density at radius 2 is 1.65 bits per heavy atom. The third-order valence-corrected chi connectivity index (χ3v) is 7.27. The highest BCUT2D eigenvalue weighted by molar-refractivity contribution is 7.80. The summed E-state index contributed by atoms with van der Waals surface area (Å²) in [6, 6.07) is 6.26. The first-order valence-electron chi connectivity index (χ1n) is 12.8. The van der Waals surface area contributed by atoms with Gasteiger partial charge in [-0.05, 0) is 59.6 Å². The predicted molar refractivity (Wildman–Crippen MR) is 144 cm³/mol. The molecule has 0 radical (unpaired) electrons. The van der Waals surface area contributed by atoms with Crippen molar-refractivity contribution in [3.63, 3.8) is 0 Å². The van der Waals surface area contributed by atoms with Gasteiger partial charge in [0, 0.05) is 23.7 Å². The Bertz CT molecular complexity index is 1260. The van der Waals surface area contributed by atoms with Gasteiger partial charge >= 0.3 is 10.4 Å². The van der Waals surface area contributed by atoms with E-state index in [2.05, 4.69) is 20.8 Å². The number of nitrogens with zero attached hydrogens (tertiary/aromatic N) is 1. The standard InChI is InChI=1S/C29H38FNO5S/c1-7-10-22-26(20-12-14-21(30)15-13-20)23(28(19(4)5)31-27(22)18(2)3)17-25(36-37(33,34)35)24-11-8-9-16-29(24,6)32/h8-9,11-16,18-19,24-25,32H,7,10,17H2,1-6H3,(H,33,34,35)/t24?,25-,29?/m0/s1. The van der Waals surface area contributed by atoms with Crippen LogP contribution in [0.4, 0.5) is 4.39 Å². The topological polar surface area (TPSA) is 96.7 Å². The van der Waals surface area contributed by atoms with Gasteiger partial charge in [0.05, 0.1) is 11.7 Å². The summed E-state index contributed by atoms with van der Waals surface area (Å²) in [6.07, 6.45) is 7.18. The number of hydrogen-bond donors (Lipinski definition) is 2. The van der Waals surface area contributed by atoms with E-state index in [1.807, 2.05) is 13.8 Å². The van der Waals surface area contributed by atoms with E-state index in [9.17, 15) is 22.5 Å². The maximum absolute atomic E-state index is 13.9. The summed E-state index contributed by atoms with van der Waals surface area (Å²) in [4.78, 5) is 5.09. The van der Waals surface area contributed by atoms with Gasteiger partial charge in [-0.2, -0.15) is 8.42 Å². The normalized spacial score (nSPS) is 20.7. The second kappa shape index (κ2) is 11.6. The number of pyridine rings is 1. The molecule has 37 heavy (non-hydrogen) atoms. The Kier molecular flexibility index (Phi) is 9.11. The van der Waals surface area contributed by atoms with Crippen molar-refractivity contribution in [1.29, 1.82) is 0 Å². The van der Waals surface area contributed by atoms with Crippen molar-refractivity contribution in [2.75, 3.05) is 0 Å². The molecule has 0 spiro atoms. The van der Waals surface area contributed by atoms with E-state index in [4.69, 9.17) is 9.17 Å². The molecule has 1 aliphatic carbocycles. The summed E-state index contributed by atoms with van der Waals surface area (Å²) >= 11 is 0. The van der Waals surface area contributed by atoms with Crippen molar-refractivity contribution in [3.8, 4) is 11.1 Å². The molecule has 0 saturated heterocycles. The molecule has 6 nitrogen and oxygen atoms in total. The monoisotopic (exact) mass is 531 g/mol. The first-order valence-corrected chi connectivity index (χ1v) is 14.2. The zero-order valence-corrected chi connectivity index (χ0v) is 23.2. The minimum absolute atomic E-state index is 0.0175. The summed E-state index contributed by atoms with van der Waals surface area (Å²) < 4.78 is 52.8. The van der Waals surface area contributed by atoms with Gasteiger partial charge in [-0.3, -0.25) is 9.54 Å². The maximum Gasteiger partial charge on any atom is 0.397 e. The van der Waals surface area contributed by atoms with Crippen molar-refractivity contribution in [1.82, 2.24) is 4.98 Å². The molecular weight excluding hydrogens is 493 g/mol. The third-order valence-electron chi connectivity index (χ3n) is 6.78. The average molecular weight is 532 g/mol. The van der Waals surface area contributed by atoms with Gasteiger partial charge in [-0.1, -0.05) is 77.5 Å². The van der Waals surface area contributed by atoms with Crippen molar-refractivity contribution in [3.05, 3.63) is 76.9 Å². The van der Waals surface area contributed by atoms with Crippen LogP contribution in [-0.2, 0) is 27.4 Å². The Morgan fingerprint density at radius 1 is 1.05 bits per heavy atom. The van der Waals surface area contributed by atoms with Gasteiger partial charge < -0.3 is 5.11 Å². The first kappa shape index (κ1) is 29.2. The number of halogens is 1. The minimum Gasteiger partial charge on any atom is -0.385 e. The minimum atomic E-state index is -4.84. The van der Waals surface area contributed by atoms with E-state index in [-0.39, 0.29) is 24.1 Å². The molecule has 2 aromatic rings. The fourth-order valence-electron chi connectivity index (χ4n) is 5.15. The average Bonchev–Trinajstić information content (AvgIpc) is 2.78. The molecule has 1 aromatic heterocycles. The lowest BCUT2D eigenvalue weighted by Crippen LogP contribution is -2.43. The molecule has 2 N–H and O–H groups in total. The molecule has 0 aliphatic heterocycles. The molecule has 3 rings (SSSR count). The van der Waals surface area contributed by atoms with Gasteiger partial charge in [-0.25, -0.2) is 8.57 Å². The van der Waals surface area contributed by atoms with Crippen LogP contribution in [0.15, 0.2) is 48.6 Å². The summed E-state index contributed by atoms with van der Waals surface area (Å²) in [6.45, 7) is 11.9. The smallest absolute Gasteiger partial charge is 0.385 e. The van der Waals surface area contributed by atoms with Crippen LogP contribution < -0.4 is 0 Å². The molecule has 0 bridgehead atoms. The van der Waals surface area contributed by atoms with Crippen molar-refractivity contribution < 1.29 is 26.7 Å². The van der Waals surface area contributed by atoms with Crippen LogP contribution in [0.1, 0.15) is 82.3 Å². The molecule has 2 unspecified atom stereocenters. The van der Waals surface area contributed by atoms with E-state index in [0.29, 0.717) is 0 Å². The van der Waals surface area contributed by atoms with Gasteiger partial charge in [0.25, 0.3) is 0 Å². The van der Waals surface area contributed by atoms with E-state index in [0.717, 1.165) is 46.5 Å². The largest absolute Gasteiger partial charge is 0.397 e. The maximum atomic E-state index is 13.9. The Balaban J connectivity index is 2.35. The van der Waals surface area contributed by atoms with Crippen molar-refractivity contribution >= 4 is 10.4 Å². The van der Waals surface area contributed by atoms with Crippen LogP contribution in [0.3, 0.4) is 0 Å². The number of aromatic nitrogens is 1. The predicted octanol–water partition coefficient (Wildman–Crippen LogP) is 6.31. The van der Waals surface area contributed by atoms with Crippen LogP contribution in [0.2, 0.25) is 0 Å². The molecule has 0 saturated carbocycles. The highest BCUT2D eigenvalue weighted by Crippen LogP contribution is 2.40. The zero-order chi connectivity index (χ0) is 27.5. The summed E-state index contributed by atoms with van der Waals surface area (Å²) in [7, 11) is -4.84. The SMILES string of the molecule is CCCc1c(C(C)C)nc(C(C)C)c(C[C@H](OS(=O)(=O)O)C2C=CC=CC2(C)O)c1-c1ccc(F)cc1. The van der Waals surface area contributed by atoms with Gasteiger partial charge in [0.2, 0.25) is 0 Å². The fraction of sp³-hybridized carbons (Fsp3) is 0.483. The van der Waals surface area contributed by atoms with Crippen molar-refractivity contribution in [2.45, 2.75) is 84.3 Å². The summed E-state index contributed by atoms with van der Waals surface area (Å²) in [5.41, 5.74) is 3.79. The summed E-state index contributed by atoms with van der Waals surface area (Å²) in [5, 5.41) is 11.1. The number of benzene rings is 1. The second-order valence-electron chi connectivity index (χ2n) is 10.5. The van der Waals surface area contributed by atoms with E-state index >= 15 is 0 Å². The number of hydrogen-bond acceptors (Lipinski definition) is 5. The van der Waals surface area contributed by atoms with E-state index < -0.39 is 28.0 Å². The molecule has 1 aliphatic rings. The van der Waals surface area contributed by atoms with Crippen LogP contribution in [0.5, 0.6) is 0 Å². The number of aliphatic hydroxyl groups is 1. The van der Waals surface area contributed by atoms with Gasteiger partial charge in [0.1, 0.15) is 5.82 Å². The van der Waals surface area contributed by atoms with Crippen LogP contribution >= 0.6 is 0 Å². The fourth-order valence-corrected chi connectivity index (χ4v) is 5.65. The molecule has 202 valence electrons. The van der Waals surface area contributed by atoms with Crippen LogP contribution in [0, 0.1) is 11.7 Å². The Morgan fingerprint density at radius 3 is 2.16 bits per heavy atom. The second-order valence-corrected chi connectivity index (χ2v) is 11.6. The molecule has 8 heteroatoms. The van der Waals surface area contributed by atoms with Crippen LogP contribution in [-0.4, -0.2) is 34.8 Å². The van der Waals surface area contributed by atoms with E-state index in [1.165, 1.54) is 12.1 Å². The van der Waals surface area contributed by atoms with Gasteiger partial charge in [0.15, 0.2) is 0 Å². The lowest BCUT2D eigenvalue weighted by molar-refractivity contribution is 0.00477. The molecular formula is C29H38FNO5S. The Hall–Kier alpha value is -2.39. The summed E-state index contributed by atoms with van der Waals surface area (Å²) in [5.74, 6) is -1.01. The first-order chi connectivity index (χ1) is 17.2.